The summed E-state index contributed by atoms with van der Waals surface area (Å²) < 4.78 is 10.0. The lowest BCUT2D eigenvalue weighted by molar-refractivity contribution is -0.255. The molecule has 0 radical (unpaired) electrons. The molecule has 0 amide bonds. The minimum Gasteiger partial charge on any atom is -0.543 e. The lowest BCUT2D eigenvalue weighted by Gasteiger charge is -2.03. The van der Waals surface area contributed by atoms with Crippen molar-refractivity contribution < 1.29 is 19.1 Å². The van der Waals surface area contributed by atoms with Crippen molar-refractivity contribution in [3.8, 4) is 17.1 Å². The highest BCUT2D eigenvalue weighted by Crippen LogP contribution is 2.24. The predicted octanol–water partition coefficient (Wildman–Crippen LogP) is 0.714. The molecule has 0 saturated heterocycles. The lowest BCUT2D eigenvalue weighted by Crippen LogP contribution is -2.23. The van der Waals surface area contributed by atoms with Crippen LogP contribution < -0.4 is 9.84 Å². The van der Waals surface area contributed by atoms with Crippen LogP contribution in [0.4, 0.5) is 0 Å². The number of nitrogens with zero attached hydrogens (tertiary/aromatic N) is 1. The van der Waals surface area contributed by atoms with E-state index in [4.69, 9.17) is 9.15 Å². The van der Waals surface area contributed by atoms with Gasteiger partial charge in [-0.1, -0.05) is 0 Å². The van der Waals surface area contributed by atoms with Crippen molar-refractivity contribution in [3.05, 3.63) is 36.4 Å². The maximum absolute atomic E-state index is 10.7. The van der Waals surface area contributed by atoms with Crippen molar-refractivity contribution in [2.24, 2.45) is 0 Å². The smallest absolute Gasteiger partial charge is 0.182 e. The fraction of sp³-hybridized carbons (Fsp3) is 0.0909. The summed E-state index contributed by atoms with van der Waals surface area (Å²) >= 11 is 0. The molecule has 1 aromatic heterocycles. The number of carbonyl (C=O) groups excluding carboxylic acids is 1. The molecule has 1 aromatic carbocycles. The first kappa shape index (κ1) is 10.2. The van der Waals surface area contributed by atoms with Crippen molar-refractivity contribution in [3.63, 3.8) is 0 Å². The van der Waals surface area contributed by atoms with Crippen molar-refractivity contribution in [2.45, 2.75) is 0 Å². The average Bonchev–Trinajstić information content (AvgIpc) is 2.78. The molecule has 2 aromatic rings. The third kappa shape index (κ3) is 1.75. The molecule has 2 rings (SSSR count). The molecule has 0 bridgehead atoms. The first-order valence-electron chi connectivity index (χ1n) is 4.51. The Labute approximate surface area is 91.3 Å². The van der Waals surface area contributed by atoms with E-state index in [2.05, 4.69) is 4.98 Å². The van der Waals surface area contributed by atoms with Crippen LogP contribution in [-0.2, 0) is 0 Å². The van der Waals surface area contributed by atoms with Crippen molar-refractivity contribution in [2.75, 3.05) is 7.11 Å². The van der Waals surface area contributed by atoms with Crippen LogP contribution in [0.2, 0.25) is 0 Å². The number of oxazole rings is 1. The second kappa shape index (κ2) is 4.06. The number of rotatable bonds is 3. The Balaban J connectivity index is 2.42. The maximum atomic E-state index is 10.7. The summed E-state index contributed by atoms with van der Waals surface area (Å²) in [5, 5.41) is 10.7. The third-order valence-electron chi connectivity index (χ3n) is 2.11. The molecule has 0 aliphatic carbocycles. The molecule has 0 saturated carbocycles. The number of carboxylic acids is 1. The lowest BCUT2D eigenvalue weighted by atomic mass is 10.1. The van der Waals surface area contributed by atoms with Gasteiger partial charge in [-0.05, 0) is 24.3 Å². The van der Waals surface area contributed by atoms with Crippen LogP contribution in [0.25, 0.3) is 11.3 Å². The first-order valence-corrected chi connectivity index (χ1v) is 4.51. The summed E-state index contributed by atoms with van der Waals surface area (Å²) in [5.74, 6) is -0.500. The van der Waals surface area contributed by atoms with Crippen LogP contribution in [0.3, 0.4) is 0 Å². The highest BCUT2D eigenvalue weighted by molar-refractivity contribution is 5.90. The molecule has 5 nitrogen and oxygen atoms in total. The summed E-state index contributed by atoms with van der Waals surface area (Å²) in [6.07, 6.45) is 1.07. The number of hydrogen-bond donors (Lipinski definition) is 0. The van der Waals surface area contributed by atoms with E-state index in [0.29, 0.717) is 11.3 Å². The van der Waals surface area contributed by atoms with Crippen LogP contribution >= 0.6 is 0 Å². The zero-order valence-corrected chi connectivity index (χ0v) is 8.47. The molecular formula is C11H8NO4-. The number of carboxylic acid groups (broad SMARTS) is 1. The van der Waals surface area contributed by atoms with Gasteiger partial charge >= 0.3 is 0 Å². The van der Waals surface area contributed by atoms with Gasteiger partial charge in [0.15, 0.2) is 12.2 Å². The van der Waals surface area contributed by atoms with E-state index >= 15 is 0 Å². The van der Waals surface area contributed by atoms with Gasteiger partial charge in [-0.15, -0.1) is 0 Å². The van der Waals surface area contributed by atoms with Crippen LogP contribution in [0.5, 0.6) is 5.75 Å². The Morgan fingerprint density at radius 2 is 2.06 bits per heavy atom. The van der Waals surface area contributed by atoms with Gasteiger partial charge in [0.1, 0.15) is 11.4 Å². The summed E-state index contributed by atoms with van der Waals surface area (Å²) in [7, 11) is 1.55. The van der Waals surface area contributed by atoms with Crippen LogP contribution in [0.1, 0.15) is 10.5 Å². The van der Waals surface area contributed by atoms with E-state index < -0.39 is 5.97 Å². The van der Waals surface area contributed by atoms with E-state index in [9.17, 15) is 9.90 Å². The highest BCUT2D eigenvalue weighted by Gasteiger charge is 2.11. The van der Waals surface area contributed by atoms with E-state index in [1.807, 2.05) is 0 Å². The Kier molecular flexibility index (Phi) is 2.59. The van der Waals surface area contributed by atoms with Gasteiger partial charge in [-0.25, -0.2) is 4.98 Å². The van der Waals surface area contributed by atoms with Crippen LogP contribution in [0.15, 0.2) is 35.1 Å². The Hall–Kier alpha value is -2.30. The van der Waals surface area contributed by atoms with Gasteiger partial charge < -0.3 is 19.1 Å². The largest absolute Gasteiger partial charge is 0.543 e. The summed E-state index contributed by atoms with van der Waals surface area (Å²) in [6, 6.07) is 6.78. The number of aromatic nitrogens is 1. The molecule has 0 spiro atoms. The van der Waals surface area contributed by atoms with Gasteiger partial charge in [0.2, 0.25) is 0 Å². The van der Waals surface area contributed by atoms with Gasteiger partial charge in [0.05, 0.1) is 13.1 Å². The molecule has 16 heavy (non-hydrogen) atoms. The molecule has 0 fully saturated rings. The molecule has 0 atom stereocenters. The van der Waals surface area contributed by atoms with E-state index in [-0.39, 0.29) is 11.5 Å². The predicted molar refractivity (Wildman–Crippen MR) is 52.8 cm³/mol. The summed E-state index contributed by atoms with van der Waals surface area (Å²) in [5.41, 5.74) is 0.405. The highest BCUT2D eigenvalue weighted by atomic mass is 16.5. The molecule has 0 N–H and O–H groups in total. The van der Waals surface area contributed by atoms with Crippen molar-refractivity contribution in [1.29, 1.82) is 0 Å². The third-order valence-corrected chi connectivity index (χ3v) is 2.11. The second-order valence-corrected chi connectivity index (χ2v) is 3.05. The minimum atomic E-state index is -1.36. The van der Waals surface area contributed by atoms with Crippen molar-refractivity contribution in [1.82, 2.24) is 4.98 Å². The van der Waals surface area contributed by atoms with Crippen LogP contribution in [-0.4, -0.2) is 18.1 Å². The number of aromatic carboxylic acids is 1. The van der Waals surface area contributed by atoms with E-state index in [1.54, 1.807) is 31.4 Å². The van der Waals surface area contributed by atoms with Gasteiger partial charge in [-0.3, -0.25) is 0 Å². The number of benzene rings is 1. The second-order valence-electron chi connectivity index (χ2n) is 3.05. The van der Waals surface area contributed by atoms with Gasteiger partial charge in [0.25, 0.3) is 0 Å². The Morgan fingerprint density at radius 1 is 1.38 bits per heavy atom. The maximum Gasteiger partial charge on any atom is 0.182 e. The minimum absolute atomic E-state index is 0.183. The van der Waals surface area contributed by atoms with Gasteiger partial charge in [-0.2, -0.15) is 0 Å². The fourth-order valence-corrected chi connectivity index (χ4v) is 1.34. The molecule has 5 heteroatoms. The van der Waals surface area contributed by atoms with Crippen LogP contribution in [0, 0.1) is 0 Å². The standard InChI is InChI=1S/C11H9NO4/c1-15-8-4-2-7(3-5-8)10-9(11(13)14)12-6-16-10/h2-6H,1H3,(H,13,14)/p-1. The summed E-state index contributed by atoms with van der Waals surface area (Å²) in [4.78, 5) is 14.3. The monoisotopic (exact) mass is 218 g/mol. The Morgan fingerprint density at radius 3 is 2.62 bits per heavy atom. The van der Waals surface area contributed by atoms with E-state index in [1.165, 1.54) is 0 Å². The van der Waals surface area contributed by atoms with E-state index in [0.717, 1.165) is 6.39 Å². The number of hydrogen-bond acceptors (Lipinski definition) is 5. The Bertz CT molecular complexity index is 501. The zero-order chi connectivity index (χ0) is 11.5. The molecular weight excluding hydrogens is 210 g/mol. The first-order chi connectivity index (χ1) is 7.72. The average molecular weight is 218 g/mol. The molecule has 0 aliphatic heterocycles. The molecule has 0 aliphatic rings. The zero-order valence-electron chi connectivity index (χ0n) is 8.47. The molecule has 0 unspecified atom stereocenters. The number of methoxy groups -OCH3 is 1. The molecule has 1 heterocycles. The number of carbonyl (C=O) groups is 1. The quantitative estimate of drug-likeness (QED) is 0.758. The SMILES string of the molecule is COc1ccc(-c2ocnc2C(=O)[O-])cc1. The normalized spacial score (nSPS) is 10.1. The number of ether oxygens (including phenoxy) is 1. The molecule has 82 valence electrons. The summed E-state index contributed by atoms with van der Waals surface area (Å²) in [6.45, 7) is 0. The van der Waals surface area contributed by atoms with Crippen molar-refractivity contribution >= 4 is 5.97 Å². The fourth-order valence-electron chi connectivity index (χ4n) is 1.34. The topological polar surface area (TPSA) is 75.4 Å². The van der Waals surface area contributed by atoms with Gasteiger partial charge in [0, 0.05) is 5.56 Å².